The van der Waals surface area contributed by atoms with Crippen LogP contribution >= 0.6 is 11.6 Å². The summed E-state index contributed by atoms with van der Waals surface area (Å²) in [5.74, 6) is 1.02. The highest BCUT2D eigenvalue weighted by Crippen LogP contribution is 2.27. The topological polar surface area (TPSA) is 47.6 Å². The molecule has 0 fully saturated rings. The monoisotopic (exact) mass is 333 g/mol. The second kappa shape index (κ2) is 7.38. The molecule has 23 heavy (non-hydrogen) atoms. The number of aryl methyl sites for hydroxylation is 2. The summed E-state index contributed by atoms with van der Waals surface area (Å²) in [6.07, 6.45) is -0.628. The molecule has 4 nitrogen and oxygen atoms in total. The van der Waals surface area contributed by atoms with E-state index in [-0.39, 0.29) is 5.91 Å². The van der Waals surface area contributed by atoms with Gasteiger partial charge in [-0.25, -0.2) is 0 Å². The van der Waals surface area contributed by atoms with Crippen molar-refractivity contribution in [2.24, 2.45) is 0 Å². The number of nitrogens with one attached hydrogen (secondary N) is 1. The zero-order valence-corrected chi connectivity index (χ0v) is 14.4. The van der Waals surface area contributed by atoms with Gasteiger partial charge in [-0.2, -0.15) is 0 Å². The number of rotatable bonds is 5. The van der Waals surface area contributed by atoms with Crippen molar-refractivity contribution in [3.63, 3.8) is 0 Å². The van der Waals surface area contributed by atoms with Crippen LogP contribution in [0.1, 0.15) is 18.1 Å². The number of carbonyl (C=O) groups is 1. The second-order valence-electron chi connectivity index (χ2n) is 5.37. The molecule has 1 N–H and O–H groups in total. The lowest BCUT2D eigenvalue weighted by molar-refractivity contribution is -0.122. The number of hydrogen-bond donors (Lipinski definition) is 1. The number of benzene rings is 2. The molecule has 0 aromatic heterocycles. The summed E-state index contributed by atoms with van der Waals surface area (Å²) in [5.41, 5.74) is 2.67. The third-order valence-electron chi connectivity index (χ3n) is 3.44. The Morgan fingerprint density at radius 1 is 1.13 bits per heavy atom. The Hall–Kier alpha value is -2.20. The first-order valence-corrected chi connectivity index (χ1v) is 7.67. The van der Waals surface area contributed by atoms with Crippen LogP contribution in [0.4, 0.5) is 5.69 Å². The Morgan fingerprint density at radius 2 is 1.87 bits per heavy atom. The van der Waals surface area contributed by atoms with Crippen molar-refractivity contribution in [3.05, 3.63) is 52.5 Å². The Labute approximate surface area is 141 Å². The van der Waals surface area contributed by atoms with E-state index in [2.05, 4.69) is 5.32 Å². The maximum absolute atomic E-state index is 12.3. The summed E-state index contributed by atoms with van der Waals surface area (Å²) < 4.78 is 10.9. The Balaban J connectivity index is 2.05. The minimum Gasteiger partial charge on any atom is -0.495 e. The molecule has 2 aromatic rings. The predicted molar refractivity (Wildman–Crippen MR) is 92.6 cm³/mol. The molecular weight excluding hydrogens is 314 g/mol. The van der Waals surface area contributed by atoms with Gasteiger partial charge in [-0.15, -0.1) is 0 Å². The van der Waals surface area contributed by atoms with Crippen LogP contribution in [-0.2, 0) is 4.79 Å². The molecule has 2 rings (SSSR count). The van der Waals surface area contributed by atoms with Crippen molar-refractivity contribution in [2.75, 3.05) is 12.4 Å². The van der Waals surface area contributed by atoms with Gasteiger partial charge in [-0.05, 0) is 56.2 Å². The summed E-state index contributed by atoms with van der Waals surface area (Å²) in [5, 5.41) is 3.22. The molecule has 0 bridgehead atoms. The Kier molecular flexibility index (Phi) is 5.50. The molecule has 1 atom stereocenters. The van der Waals surface area contributed by atoms with E-state index in [0.29, 0.717) is 22.2 Å². The fourth-order valence-corrected chi connectivity index (χ4v) is 2.32. The van der Waals surface area contributed by atoms with E-state index < -0.39 is 6.10 Å². The molecule has 2 aromatic carbocycles. The van der Waals surface area contributed by atoms with Crippen molar-refractivity contribution < 1.29 is 14.3 Å². The van der Waals surface area contributed by atoms with E-state index in [1.165, 1.54) is 0 Å². The van der Waals surface area contributed by atoms with E-state index in [0.717, 1.165) is 11.1 Å². The van der Waals surface area contributed by atoms with E-state index >= 15 is 0 Å². The zero-order valence-electron chi connectivity index (χ0n) is 13.6. The molecule has 0 saturated heterocycles. The molecule has 0 aliphatic heterocycles. The van der Waals surface area contributed by atoms with Crippen molar-refractivity contribution in [3.8, 4) is 11.5 Å². The highest BCUT2D eigenvalue weighted by Gasteiger charge is 2.16. The van der Waals surface area contributed by atoms with Gasteiger partial charge in [-0.3, -0.25) is 4.79 Å². The van der Waals surface area contributed by atoms with Gasteiger partial charge in [0.2, 0.25) is 0 Å². The van der Waals surface area contributed by atoms with Crippen LogP contribution in [0.15, 0.2) is 36.4 Å². The Morgan fingerprint density at radius 3 is 2.52 bits per heavy atom. The quantitative estimate of drug-likeness (QED) is 0.883. The number of carbonyl (C=O) groups excluding carboxylic acids is 1. The van der Waals surface area contributed by atoms with Crippen LogP contribution in [0.2, 0.25) is 5.02 Å². The van der Waals surface area contributed by atoms with Gasteiger partial charge in [0.15, 0.2) is 6.10 Å². The van der Waals surface area contributed by atoms with E-state index in [9.17, 15) is 4.79 Å². The van der Waals surface area contributed by atoms with Crippen LogP contribution in [0.5, 0.6) is 11.5 Å². The van der Waals surface area contributed by atoms with Crippen molar-refractivity contribution in [1.82, 2.24) is 0 Å². The highest BCUT2D eigenvalue weighted by molar-refractivity contribution is 6.32. The zero-order chi connectivity index (χ0) is 17.0. The van der Waals surface area contributed by atoms with Crippen molar-refractivity contribution >= 4 is 23.2 Å². The number of hydrogen-bond acceptors (Lipinski definition) is 3. The number of ether oxygens (including phenoxy) is 2. The lowest BCUT2D eigenvalue weighted by Gasteiger charge is -2.17. The van der Waals surface area contributed by atoms with Gasteiger partial charge < -0.3 is 14.8 Å². The first-order chi connectivity index (χ1) is 10.9. The number of amides is 1. The number of halogens is 1. The maximum Gasteiger partial charge on any atom is 0.265 e. The normalized spacial score (nSPS) is 11.7. The molecule has 0 radical (unpaired) electrons. The summed E-state index contributed by atoms with van der Waals surface area (Å²) in [7, 11) is 1.54. The van der Waals surface area contributed by atoms with Crippen LogP contribution in [-0.4, -0.2) is 19.1 Å². The molecule has 122 valence electrons. The fraction of sp³-hybridized carbons (Fsp3) is 0.278. The lowest BCUT2D eigenvalue weighted by atomic mass is 10.1. The summed E-state index contributed by atoms with van der Waals surface area (Å²) in [6, 6.07) is 11.0. The molecule has 1 amide bonds. The van der Waals surface area contributed by atoms with Crippen LogP contribution in [0.3, 0.4) is 0 Å². The van der Waals surface area contributed by atoms with Gasteiger partial charge in [-0.1, -0.05) is 23.7 Å². The fourth-order valence-electron chi connectivity index (χ4n) is 2.07. The maximum atomic E-state index is 12.3. The first kappa shape index (κ1) is 17.2. The van der Waals surface area contributed by atoms with Crippen molar-refractivity contribution in [2.45, 2.75) is 26.9 Å². The first-order valence-electron chi connectivity index (χ1n) is 7.29. The van der Waals surface area contributed by atoms with Crippen LogP contribution < -0.4 is 14.8 Å². The van der Waals surface area contributed by atoms with Gasteiger partial charge in [0.25, 0.3) is 5.91 Å². The number of methoxy groups -OCH3 is 1. The summed E-state index contributed by atoms with van der Waals surface area (Å²) in [6.45, 7) is 5.64. The minimum atomic E-state index is -0.628. The molecule has 0 spiro atoms. The van der Waals surface area contributed by atoms with E-state index in [1.807, 2.05) is 32.0 Å². The lowest BCUT2D eigenvalue weighted by Crippen LogP contribution is -2.30. The standard InChI is InChI=1S/C18H20ClNO3/c1-11-5-6-12(2)17(9-11)23-13(3)18(21)20-14-7-8-16(22-4)15(19)10-14/h5-10,13H,1-4H3,(H,20,21). The van der Waals surface area contributed by atoms with Crippen LogP contribution in [0, 0.1) is 13.8 Å². The minimum absolute atomic E-state index is 0.243. The second-order valence-corrected chi connectivity index (χ2v) is 5.77. The average Bonchev–Trinajstić information content (AvgIpc) is 2.51. The van der Waals surface area contributed by atoms with Crippen molar-refractivity contribution in [1.29, 1.82) is 0 Å². The molecule has 5 heteroatoms. The third kappa shape index (κ3) is 4.39. The third-order valence-corrected chi connectivity index (χ3v) is 3.73. The van der Waals surface area contributed by atoms with Crippen LogP contribution in [0.25, 0.3) is 0 Å². The van der Waals surface area contributed by atoms with Gasteiger partial charge >= 0.3 is 0 Å². The molecule has 0 aliphatic carbocycles. The molecule has 0 saturated carbocycles. The number of anilines is 1. The molecule has 0 heterocycles. The summed E-state index contributed by atoms with van der Waals surface area (Å²) in [4.78, 5) is 12.3. The average molecular weight is 334 g/mol. The van der Waals surface area contributed by atoms with Gasteiger partial charge in [0.05, 0.1) is 12.1 Å². The summed E-state index contributed by atoms with van der Waals surface area (Å²) >= 11 is 6.05. The van der Waals surface area contributed by atoms with E-state index in [4.69, 9.17) is 21.1 Å². The van der Waals surface area contributed by atoms with Gasteiger partial charge in [0.1, 0.15) is 11.5 Å². The molecular formula is C18H20ClNO3. The Bertz CT molecular complexity index is 715. The smallest absolute Gasteiger partial charge is 0.265 e. The molecule has 0 aliphatic rings. The largest absolute Gasteiger partial charge is 0.495 e. The molecule has 1 unspecified atom stereocenters. The van der Waals surface area contributed by atoms with E-state index in [1.54, 1.807) is 32.2 Å². The predicted octanol–water partition coefficient (Wildman–Crippen LogP) is 4.37. The highest BCUT2D eigenvalue weighted by atomic mass is 35.5. The SMILES string of the molecule is COc1ccc(NC(=O)C(C)Oc2cc(C)ccc2C)cc1Cl. The van der Waals surface area contributed by atoms with Gasteiger partial charge in [0, 0.05) is 5.69 Å².